The van der Waals surface area contributed by atoms with Crippen LogP contribution in [0.25, 0.3) is 0 Å². The third kappa shape index (κ3) is 7.86. The highest BCUT2D eigenvalue weighted by molar-refractivity contribution is 5.94. The van der Waals surface area contributed by atoms with Crippen LogP contribution in [-0.2, 0) is 9.59 Å². The van der Waals surface area contributed by atoms with E-state index in [9.17, 15) is 14.7 Å². The number of carbonyl (C=O) groups is 2. The Balaban J connectivity index is 2.45. The Bertz CT molecular complexity index is 504. The van der Waals surface area contributed by atoms with Gasteiger partial charge in [0.25, 0.3) is 0 Å². The van der Waals surface area contributed by atoms with E-state index in [0.29, 0.717) is 6.42 Å². The molecule has 3 unspecified atom stereocenters. The van der Waals surface area contributed by atoms with Crippen LogP contribution in [0.4, 0.5) is 0 Å². The van der Waals surface area contributed by atoms with Crippen molar-refractivity contribution in [2.24, 2.45) is 17.3 Å². The summed E-state index contributed by atoms with van der Waals surface area (Å²) >= 11 is 0. The molecule has 0 amide bonds. The fourth-order valence-corrected chi connectivity index (χ4v) is 3.45. The number of allylic oxidation sites excluding steroid dienone is 3. The minimum absolute atomic E-state index is 0.0309. The third-order valence-corrected chi connectivity index (χ3v) is 5.46. The molecular formula is C22H36O4. The number of hydrogen-bond donors (Lipinski definition) is 2. The second-order valence-corrected chi connectivity index (χ2v) is 8.21. The van der Waals surface area contributed by atoms with Gasteiger partial charge in [-0.2, -0.15) is 0 Å². The topological polar surface area (TPSA) is 74.6 Å². The quantitative estimate of drug-likeness (QED) is 0.359. The number of unbranched alkanes of at least 4 members (excludes halogenated alkanes) is 4. The summed E-state index contributed by atoms with van der Waals surface area (Å²) in [5.74, 6) is -0.537. The molecule has 0 saturated carbocycles. The lowest BCUT2D eigenvalue weighted by Crippen LogP contribution is -2.27. The largest absolute Gasteiger partial charge is 0.481 e. The van der Waals surface area contributed by atoms with E-state index in [-0.39, 0.29) is 29.5 Å². The average molecular weight is 365 g/mol. The van der Waals surface area contributed by atoms with Crippen molar-refractivity contribution >= 4 is 11.8 Å². The van der Waals surface area contributed by atoms with Crippen molar-refractivity contribution in [3.05, 3.63) is 24.3 Å². The van der Waals surface area contributed by atoms with Gasteiger partial charge in [-0.25, -0.2) is 0 Å². The predicted octanol–water partition coefficient (Wildman–Crippen LogP) is 4.92. The van der Waals surface area contributed by atoms with Crippen LogP contribution >= 0.6 is 0 Å². The van der Waals surface area contributed by atoms with E-state index in [0.717, 1.165) is 44.9 Å². The van der Waals surface area contributed by atoms with Crippen molar-refractivity contribution < 1.29 is 19.8 Å². The first kappa shape index (κ1) is 22.6. The maximum atomic E-state index is 12.1. The van der Waals surface area contributed by atoms with Gasteiger partial charge in [0.1, 0.15) is 0 Å². The summed E-state index contributed by atoms with van der Waals surface area (Å²) in [4.78, 5) is 22.6. The van der Waals surface area contributed by atoms with E-state index in [2.05, 4.69) is 20.8 Å². The van der Waals surface area contributed by atoms with E-state index >= 15 is 0 Å². The number of aliphatic hydroxyl groups excluding tert-OH is 1. The number of aliphatic carboxylic acids is 1. The van der Waals surface area contributed by atoms with Crippen LogP contribution in [-0.4, -0.2) is 28.1 Å². The molecular weight excluding hydrogens is 328 g/mol. The Morgan fingerprint density at radius 2 is 1.92 bits per heavy atom. The molecule has 0 aromatic carbocycles. The van der Waals surface area contributed by atoms with Crippen LogP contribution in [0.5, 0.6) is 0 Å². The molecule has 0 aromatic heterocycles. The van der Waals surface area contributed by atoms with Gasteiger partial charge in [0.05, 0.1) is 6.10 Å². The number of carboxylic acids is 1. The molecule has 2 N–H and O–H groups in total. The summed E-state index contributed by atoms with van der Waals surface area (Å²) in [5.41, 5.74) is -0.154. The molecule has 4 nitrogen and oxygen atoms in total. The normalized spacial score (nSPS) is 21.6. The van der Waals surface area contributed by atoms with Gasteiger partial charge in [0.2, 0.25) is 0 Å². The monoisotopic (exact) mass is 364 g/mol. The van der Waals surface area contributed by atoms with E-state index in [4.69, 9.17) is 5.11 Å². The number of carbonyl (C=O) groups excluding carboxylic acids is 1. The second kappa shape index (κ2) is 11.3. The summed E-state index contributed by atoms with van der Waals surface area (Å²) in [7, 11) is 0. The van der Waals surface area contributed by atoms with Crippen molar-refractivity contribution in [3.63, 3.8) is 0 Å². The summed E-state index contributed by atoms with van der Waals surface area (Å²) < 4.78 is 0. The highest BCUT2D eigenvalue weighted by Crippen LogP contribution is 2.32. The summed E-state index contributed by atoms with van der Waals surface area (Å²) in [5, 5.41) is 19.1. The molecule has 26 heavy (non-hydrogen) atoms. The molecule has 1 aliphatic carbocycles. The van der Waals surface area contributed by atoms with E-state index in [1.54, 1.807) is 6.08 Å². The average Bonchev–Trinajstić information content (AvgIpc) is 2.93. The molecule has 3 atom stereocenters. The van der Waals surface area contributed by atoms with Gasteiger partial charge in [0.15, 0.2) is 5.78 Å². The lowest BCUT2D eigenvalue weighted by molar-refractivity contribution is -0.137. The predicted molar refractivity (Wildman–Crippen MR) is 105 cm³/mol. The molecule has 1 aliphatic rings. The van der Waals surface area contributed by atoms with Crippen molar-refractivity contribution in [3.8, 4) is 0 Å². The Morgan fingerprint density at radius 3 is 2.58 bits per heavy atom. The van der Waals surface area contributed by atoms with Crippen LogP contribution in [0, 0.1) is 17.3 Å². The SMILES string of the molecule is CCCCC(C)(C)C(O)C=CC1C=CC(=O)C1CCCCCCC(=O)O. The van der Waals surface area contributed by atoms with Crippen molar-refractivity contribution in [2.45, 2.75) is 84.7 Å². The van der Waals surface area contributed by atoms with E-state index in [1.165, 1.54) is 0 Å². The zero-order chi connectivity index (χ0) is 19.6. The maximum Gasteiger partial charge on any atom is 0.303 e. The first-order valence-corrected chi connectivity index (χ1v) is 10.1. The summed E-state index contributed by atoms with van der Waals surface area (Å²) in [6, 6.07) is 0. The van der Waals surface area contributed by atoms with Crippen LogP contribution < -0.4 is 0 Å². The summed E-state index contributed by atoms with van der Waals surface area (Å²) in [6.45, 7) is 6.32. The zero-order valence-electron chi connectivity index (χ0n) is 16.6. The Kier molecular flexibility index (Phi) is 9.85. The van der Waals surface area contributed by atoms with Gasteiger partial charge in [0, 0.05) is 18.3 Å². The molecule has 0 aliphatic heterocycles. The molecule has 0 spiro atoms. The fraction of sp³-hybridized carbons (Fsp3) is 0.727. The van der Waals surface area contributed by atoms with E-state index in [1.807, 2.05) is 18.2 Å². The molecule has 0 fully saturated rings. The highest BCUT2D eigenvalue weighted by Gasteiger charge is 2.29. The minimum atomic E-state index is -0.745. The maximum absolute atomic E-state index is 12.1. The van der Waals surface area contributed by atoms with Crippen LogP contribution in [0.3, 0.4) is 0 Å². The minimum Gasteiger partial charge on any atom is -0.481 e. The summed E-state index contributed by atoms with van der Waals surface area (Å²) in [6.07, 6.45) is 14.7. The molecule has 148 valence electrons. The van der Waals surface area contributed by atoms with Gasteiger partial charge >= 0.3 is 5.97 Å². The molecule has 1 rings (SSSR count). The number of ketones is 1. The molecule has 0 radical (unpaired) electrons. The van der Waals surface area contributed by atoms with Gasteiger partial charge in [-0.1, -0.05) is 71.1 Å². The number of carboxylic acid groups (broad SMARTS) is 1. The van der Waals surface area contributed by atoms with Gasteiger partial charge in [-0.05, 0) is 30.8 Å². The first-order chi connectivity index (χ1) is 12.3. The van der Waals surface area contributed by atoms with Crippen molar-refractivity contribution in [1.29, 1.82) is 0 Å². The number of hydrogen-bond acceptors (Lipinski definition) is 3. The Hall–Kier alpha value is -1.42. The van der Waals surface area contributed by atoms with Crippen LogP contribution in [0.15, 0.2) is 24.3 Å². The van der Waals surface area contributed by atoms with Crippen LogP contribution in [0.1, 0.15) is 78.6 Å². The Labute approximate surface area is 158 Å². The van der Waals surface area contributed by atoms with E-state index < -0.39 is 12.1 Å². The lowest BCUT2D eigenvalue weighted by atomic mass is 9.80. The second-order valence-electron chi connectivity index (χ2n) is 8.21. The van der Waals surface area contributed by atoms with Crippen molar-refractivity contribution in [1.82, 2.24) is 0 Å². The number of rotatable bonds is 13. The smallest absolute Gasteiger partial charge is 0.303 e. The first-order valence-electron chi connectivity index (χ1n) is 10.1. The lowest BCUT2D eigenvalue weighted by Gasteiger charge is -2.29. The molecule has 0 heterocycles. The van der Waals surface area contributed by atoms with Crippen molar-refractivity contribution in [2.75, 3.05) is 0 Å². The Morgan fingerprint density at radius 1 is 1.23 bits per heavy atom. The number of aliphatic hydroxyl groups is 1. The molecule has 0 saturated heterocycles. The molecule has 4 heteroatoms. The zero-order valence-corrected chi connectivity index (χ0v) is 16.6. The molecule has 0 bridgehead atoms. The van der Waals surface area contributed by atoms with Crippen LogP contribution in [0.2, 0.25) is 0 Å². The van der Waals surface area contributed by atoms with Gasteiger partial charge < -0.3 is 10.2 Å². The van der Waals surface area contributed by atoms with Gasteiger partial charge in [-0.3, -0.25) is 9.59 Å². The van der Waals surface area contributed by atoms with Gasteiger partial charge in [-0.15, -0.1) is 0 Å². The third-order valence-electron chi connectivity index (χ3n) is 5.46. The molecule has 0 aromatic rings. The highest BCUT2D eigenvalue weighted by atomic mass is 16.4. The fourth-order valence-electron chi connectivity index (χ4n) is 3.45. The standard InChI is InChI=1S/C22H36O4/c1-4-5-16-22(2,3)20(24)15-13-17-12-14-19(23)18(17)10-8-6-7-9-11-21(25)26/h12-15,17-18,20,24H,4-11,16H2,1-3H3,(H,25,26).